The van der Waals surface area contributed by atoms with E-state index < -0.39 is 16.5 Å². The third-order valence-electron chi connectivity index (χ3n) is 1.15. The molecule has 0 saturated carbocycles. The molecule has 0 spiro atoms. The Morgan fingerprint density at radius 1 is 1.73 bits per heavy atom. The van der Waals surface area contributed by atoms with Crippen LogP contribution in [0.2, 0.25) is 0 Å². The summed E-state index contributed by atoms with van der Waals surface area (Å²) >= 11 is 0. The first-order valence-electron chi connectivity index (χ1n) is 2.69. The molecule has 0 aromatic rings. The molecule has 0 aliphatic carbocycles. The van der Waals surface area contributed by atoms with Gasteiger partial charge in [0.05, 0.1) is 5.70 Å². The highest BCUT2D eigenvalue weighted by Gasteiger charge is 2.18. The van der Waals surface area contributed by atoms with E-state index in [1.165, 1.54) is 11.5 Å². The zero-order valence-electron chi connectivity index (χ0n) is 5.40. The zero-order chi connectivity index (χ0) is 8.43. The minimum Gasteiger partial charge on any atom is -0.477 e. The molecule has 1 aliphatic heterocycles. The molecule has 0 saturated heterocycles. The summed E-state index contributed by atoms with van der Waals surface area (Å²) in [6.07, 6.45) is 1.41. The van der Waals surface area contributed by atoms with E-state index in [0.29, 0.717) is 0 Å². The Kier molecular flexibility index (Phi) is 1.94. The average molecular weight is 171 g/mol. The van der Waals surface area contributed by atoms with Gasteiger partial charge in [-0.3, -0.25) is 0 Å². The van der Waals surface area contributed by atoms with Crippen molar-refractivity contribution in [2.75, 3.05) is 0 Å². The number of carbonyl (C=O) groups excluding carboxylic acids is 1. The lowest BCUT2D eigenvalue weighted by Gasteiger charge is -1.95. The van der Waals surface area contributed by atoms with Crippen LogP contribution in [0.15, 0.2) is 22.1 Å². The highest BCUT2D eigenvalue weighted by Crippen LogP contribution is 2.32. The number of aliphatic carboxylic acids is 1. The maximum absolute atomic E-state index is 10.4. The van der Waals surface area contributed by atoms with Gasteiger partial charge >= 0.3 is 5.97 Å². The van der Waals surface area contributed by atoms with Crippen molar-refractivity contribution in [3.8, 4) is 0 Å². The number of hydrogen-bond donors (Lipinski definition) is 2. The van der Waals surface area contributed by atoms with Gasteiger partial charge in [0.15, 0.2) is 5.23 Å². The Morgan fingerprint density at radius 2 is 2.36 bits per heavy atom. The SMILES string of the molecule is NC1=C(C(=O)O)S(=C=O)C=C1. The lowest BCUT2D eigenvalue weighted by Crippen LogP contribution is -2.03. The molecule has 1 unspecified atom stereocenters. The average Bonchev–Trinajstić information content (AvgIpc) is 2.30. The lowest BCUT2D eigenvalue weighted by molar-refractivity contribution is -0.131. The van der Waals surface area contributed by atoms with Gasteiger partial charge in [-0.15, -0.1) is 0 Å². The summed E-state index contributed by atoms with van der Waals surface area (Å²) in [7, 11) is -1.06. The molecule has 0 aromatic heterocycles. The van der Waals surface area contributed by atoms with Gasteiger partial charge in [0.25, 0.3) is 0 Å². The van der Waals surface area contributed by atoms with Gasteiger partial charge in [-0.1, -0.05) is 0 Å². The van der Waals surface area contributed by atoms with Gasteiger partial charge in [0, 0.05) is 0 Å². The van der Waals surface area contributed by atoms with Crippen LogP contribution in [0.4, 0.5) is 0 Å². The van der Waals surface area contributed by atoms with Crippen LogP contribution in [0, 0.1) is 0 Å². The van der Waals surface area contributed by atoms with Gasteiger partial charge in [-0.05, 0) is 22.0 Å². The van der Waals surface area contributed by atoms with Crippen LogP contribution in [0.5, 0.6) is 0 Å². The Balaban J connectivity index is 3.22. The molecule has 0 radical (unpaired) electrons. The van der Waals surface area contributed by atoms with E-state index in [1.807, 2.05) is 0 Å². The molecule has 0 amide bonds. The summed E-state index contributed by atoms with van der Waals surface area (Å²) in [4.78, 5) is 20.5. The van der Waals surface area contributed by atoms with Gasteiger partial charge in [-0.2, -0.15) is 0 Å². The molecule has 3 N–H and O–H groups in total. The Bertz CT molecular complexity index is 323. The van der Waals surface area contributed by atoms with Crippen molar-refractivity contribution < 1.29 is 14.7 Å². The molecule has 1 aliphatic rings. The molecule has 4 nitrogen and oxygen atoms in total. The Labute approximate surface area is 64.9 Å². The summed E-state index contributed by atoms with van der Waals surface area (Å²) in [6.45, 7) is 0. The summed E-state index contributed by atoms with van der Waals surface area (Å²) in [6, 6.07) is 0. The molecular weight excluding hydrogens is 166 g/mol. The fraction of sp³-hybridized carbons (Fsp3) is 0. The van der Waals surface area contributed by atoms with Crippen LogP contribution in [0.3, 0.4) is 0 Å². The van der Waals surface area contributed by atoms with E-state index in [-0.39, 0.29) is 10.6 Å². The first-order chi connectivity index (χ1) is 5.16. The van der Waals surface area contributed by atoms with Crippen LogP contribution in [-0.4, -0.2) is 16.3 Å². The number of carboxylic acids is 1. The van der Waals surface area contributed by atoms with Crippen LogP contribution in [0.1, 0.15) is 0 Å². The highest BCUT2D eigenvalue weighted by atomic mass is 32.2. The molecule has 0 aromatic carbocycles. The summed E-state index contributed by atoms with van der Waals surface area (Å²) in [5, 5.41) is 11.6. The van der Waals surface area contributed by atoms with Gasteiger partial charge < -0.3 is 10.8 Å². The van der Waals surface area contributed by atoms with Gasteiger partial charge in [-0.25, -0.2) is 9.59 Å². The van der Waals surface area contributed by atoms with E-state index in [2.05, 4.69) is 0 Å². The van der Waals surface area contributed by atoms with Crippen molar-refractivity contribution in [2.24, 2.45) is 5.73 Å². The largest absolute Gasteiger partial charge is 0.477 e. The van der Waals surface area contributed by atoms with Crippen molar-refractivity contribution in [1.82, 2.24) is 0 Å². The highest BCUT2D eigenvalue weighted by molar-refractivity contribution is 8.21. The third-order valence-corrected chi connectivity index (χ3v) is 2.59. The summed E-state index contributed by atoms with van der Waals surface area (Å²) in [5.74, 6) is -1.15. The number of carboxylic acid groups (broad SMARTS) is 1. The second-order valence-corrected chi connectivity index (χ2v) is 3.34. The lowest BCUT2D eigenvalue weighted by atomic mass is 10.4. The molecule has 1 atom stereocenters. The standard InChI is InChI=1S/C6H5NO3S/c7-4-1-2-11(3-8)5(4)6(9)10/h1-2H,7H2,(H,9,10). The van der Waals surface area contributed by atoms with Crippen LogP contribution < -0.4 is 5.73 Å². The van der Waals surface area contributed by atoms with E-state index in [0.717, 1.165) is 0 Å². The van der Waals surface area contributed by atoms with Crippen molar-refractivity contribution >= 4 is 21.7 Å². The van der Waals surface area contributed by atoms with E-state index in [1.54, 1.807) is 5.23 Å². The Morgan fingerprint density at radius 3 is 2.73 bits per heavy atom. The zero-order valence-corrected chi connectivity index (χ0v) is 6.22. The Hall–Kier alpha value is -1.32. The predicted molar refractivity (Wildman–Crippen MR) is 41.3 cm³/mol. The van der Waals surface area contributed by atoms with E-state index in [9.17, 15) is 9.59 Å². The van der Waals surface area contributed by atoms with Gasteiger partial charge in [0.1, 0.15) is 4.91 Å². The van der Waals surface area contributed by atoms with Crippen LogP contribution >= 0.6 is 10.5 Å². The predicted octanol–water partition coefficient (Wildman–Crippen LogP) is 0.105. The monoisotopic (exact) mass is 171 g/mol. The number of allylic oxidation sites excluding steroid dienone is 1. The maximum Gasteiger partial charge on any atom is 0.344 e. The maximum atomic E-state index is 10.4. The number of carbonyl (C=O) groups is 1. The molecule has 0 bridgehead atoms. The van der Waals surface area contributed by atoms with Crippen LogP contribution in [0.25, 0.3) is 0 Å². The van der Waals surface area contributed by atoms with Crippen molar-refractivity contribution in [3.05, 3.63) is 22.1 Å². The summed E-state index contributed by atoms with van der Waals surface area (Å²) < 4.78 is 0. The minimum absolute atomic E-state index is 0.0556. The third kappa shape index (κ3) is 1.24. The van der Waals surface area contributed by atoms with Crippen molar-refractivity contribution in [1.29, 1.82) is 0 Å². The van der Waals surface area contributed by atoms with Crippen molar-refractivity contribution in [3.63, 3.8) is 0 Å². The number of rotatable bonds is 1. The molecule has 11 heavy (non-hydrogen) atoms. The molecule has 0 fully saturated rings. The fourth-order valence-corrected chi connectivity index (χ4v) is 1.77. The van der Waals surface area contributed by atoms with E-state index in [4.69, 9.17) is 10.8 Å². The van der Waals surface area contributed by atoms with Crippen LogP contribution in [-0.2, 0) is 9.59 Å². The number of nitrogens with two attached hydrogens (primary N) is 1. The quantitative estimate of drug-likeness (QED) is 0.548. The van der Waals surface area contributed by atoms with Crippen molar-refractivity contribution in [2.45, 2.75) is 0 Å². The minimum atomic E-state index is -1.15. The van der Waals surface area contributed by atoms with Gasteiger partial charge in [0.2, 0.25) is 0 Å². The smallest absolute Gasteiger partial charge is 0.344 e. The number of hydrogen-bond acceptors (Lipinski definition) is 3. The molecule has 5 heteroatoms. The first kappa shape index (κ1) is 7.78. The summed E-state index contributed by atoms with van der Waals surface area (Å²) in [5.41, 5.74) is 5.43. The fourth-order valence-electron chi connectivity index (χ4n) is 0.699. The second kappa shape index (κ2) is 2.74. The molecule has 1 heterocycles. The molecular formula is C6H5NO3S. The topological polar surface area (TPSA) is 80.4 Å². The van der Waals surface area contributed by atoms with E-state index >= 15 is 0 Å². The first-order valence-corrected chi connectivity index (χ1v) is 3.97. The molecule has 58 valence electrons. The molecule has 1 rings (SSSR count). The second-order valence-electron chi connectivity index (χ2n) is 1.81. The normalized spacial score (nSPS) is 22.0.